The zero-order valence-corrected chi connectivity index (χ0v) is 23.4. The van der Waals surface area contributed by atoms with Gasteiger partial charge in [-0.2, -0.15) is 0 Å². The van der Waals surface area contributed by atoms with Gasteiger partial charge in [-0.15, -0.1) is 0 Å². The van der Waals surface area contributed by atoms with Gasteiger partial charge in [0.15, 0.2) is 0 Å². The fourth-order valence-electron chi connectivity index (χ4n) is 4.47. The molecule has 8 heteroatoms. The molecular formula is C30H37N3O4S. The van der Waals surface area contributed by atoms with E-state index in [0.717, 1.165) is 16.7 Å². The molecule has 0 radical (unpaired) electrons. The largest absolute Gasteiger partial charge is 0.355 e. The van der Waals surface area contributed by atoms with Crippen molar-refractivity contribution in [2.45, 2.75) is 58.0 Å². The number of sulfonamides is 1. The van der Waals surface area contributed by atoms with E-state index in [2.05, 4.69) is 5.32 Å². The molecule has 0 saturated carbocycles. The van der Waals surface area contributed by atoms with E-state index in [-0.39, 0.29) is 17.3 Å². The van der Waals surface area contributed by atoms with Crippen LogP contribution in [0.5, 0.6) is 0 Å². The third-order valence-corrected chi connectivity index (χ3v) is 8.36. The minimum Gasteiger partial charge on any atom is -0.355 e. The maximum atomic E-state index is 14.1. The average molecular weight is 536 g/mol. The molecule has 0 aromatic heterocycles. The van der Waals surface area contributed by atoms with Crippen molar-refractivity contribution >= 4 is 27.5 Å². The molecule has 202 valence electrons. The van der Waals surface area contributed by atoms with Crippen molar-refractivity contribution < 1.29 is 18.0 Å². The molecule has 0 aliphatic carbocycles. The van der Waals surface area contributed by atoms with Crippen LogP contribution in [0.1, 0.15) is 43.9 Å². The highest BCUT2D eigenvalue weighted by molar-refractivity contribution is 7.92. The van der Waals surface area contributed by atoms with Crippen molar-refractivity contribution in [2.75, 3.05) is 17.4 Å². The van der Waals surface area contributed by atoms with Crippen molar-refractivity contribution in [3.63, 3.8) is 0 Å². The van der Waals surface area contributed by atoms with E-state index >= 15 is 0 Å². The summed E-state index contributed by atoms with van der Waals surface area (Å²) in [7, 11) is -4.07. The number of nitrogens with one attached hydrogen (secondary N) is 1. The predicted molar refractivity (Wildman–Crippen MR) is 151 cm³/mol. The number of anilines is 1. The Kier molecular flexibility index (Phi) is 10.1. The van der Waals surface area contributed by atoms with Crippen LogP contribution in [0.15, 0.2) is 83.8 Å². The fourth-order valence-corrected chi connectivity index (χ4v) is 5.94. The Balaban J connectivity index is 2.10. The first-order valence-electron chi connectivity index (χ1n) is 13.0. The normalized spacial score (nSPS) is 12.0. The van der Waals surface area contributed by atoms with Gasteiger partial charge < -0.3 is 10.2 Å². The molecule has 3 aromatic carbocycles. The van der Waals surface area contributed by atoms with Gasteiger partial charge in [-0.05, 0) is 61.6 Å². The number of carbonyl (C=O) groups is 2. The fraction of sp³-hybridized carbons (Fsp3) is 0.333. The van der Waals surface area contributed by atoms with Crippen LogP contribution in [0, 0.1) is 6.92 Å². The van der Waals surface area contributed by atoms with E-state index < -0.39 is 28.5 Å². The lowest BCUT2D eigenvalue weighted by Gasteiger charge is -2.34. The van der Waals surface area contributed by atoms with E-state index in [4.69, 9.17) is 0 Å². The van der Waals surface area contributed by atoms with E-state index in [1.54, 1.807) is 30.3 Å². The van der Waals surface area contributed by atoms with Crippen LogP contribution >= 0.6 is 0 Å². The molecule has 0 unspecified atom stereocenters. The maximum absolute atomic E-state index is 14.1. The first-order chi connectivity index (χ1) is 18.2. The Bertz CT molecular complexity index is 1340. The zero-order chi connectivity index (χ0) is 27.7. The molecule has 0 bridgehead atoms. The molecule has 0 aliphatic heterocycles. The molecule has 0 fully saturated rings. The molecular weight excluding hydrogens is 498 g/mol. The number of nitrogens with zero attached hydrogens (tertiary/aromatic N) is 2. The SMILES string of the molecule is CCNC(=O)[C@@H](CC)N(Cc1ccccc1C)C(=O)CN(c1ccccc1CC)S(=O)(=O)c1ccccc1. The lowest BCUT2D eigenvalue weighted by molar-refractivity contribution is -0.140. The highest BCUT2D eigenvalue weighted by Gasteiger charge is 2.34. The van der Waals surface area contributed by atoms with Crippen molar-refractivity contribution in [1.29, 1.82) is 0 Å². The molecule has 7 nitrogen and oxygen atoms in total. The van der Waals surface area contributed by atoms with Gasteiger partial charge in [0.1, 0.15) is 12.6 Å². The summed E-state index contributed by atoms with van der Waals surface area (Å²) < 4.78 is 29.0. The van der Waals surface area contributed by atoms with Crippen LogP contribution in [0.25, 0.3) is 0 Å². The summed E-state index contributed by atoms with van der Waals surface area (Å²) >= 11 is 0. The van der Waals surface area contributed by atoms with Crippen LogP contribution in [-0.4, -0.2) is 44.3 Å². The lowest BCUT2D eigenvalue weighted by Crippen LogP contribution is -2.52. The number of carbonyl (C=O) groups excluding carboxylic acids is 2. The van der Waals surface area contributed by atoms with Gasteiger partial charge in [0, 0.05) is 13.1 Å². The summed E-state index contributed by atoms with van der Waals surface area (Å²) in [6, 6.07) is 22.2. The molecule has 3 aromatic rings. The smallest absolute Gasteiger partial charge is 0.264 e. The van der Waals surface area contributed by atoms with Crippen molar-refractivity contribution in [3.05, 3.63) is 95.6 Å². The second-order valence-electron chi connectivity index (χ2n) is 9.07. The molecule has 0 aliphatic rings. The lowest BCUT2D eigenvalue weighted by atomic mass is 10.1. The monoisotopic (exact) mass is 535 g/mol. The van der Waals surface area contributed by atoms with Crippen molar-refractivity contribution in [1.82, 2.24) is 10.2 Å². The van der Waals surface area contributed by atoms with E-state index in [1.807, 2.05) is 64.1 Å². The van der Waals surface area contributed by atoms with Gasteiger partial charge in [0.25, 0.3) is 10.0 Å². The quantitative estimate of drug-likeness (QED) is 0.364. The number of amides is 2. The number of likely N-dealkylation sites (N-methyl/N-ethyl adjacent to an activating group) is 1. The summed E-state index contributed by atoms with van der Waals surface area (Å²) in [5.41, 5.74) is 3.14. The first kappa shape index (κ1) is 28.9. The topological polar surface area (TPSA) is 86.8 Å². The van der Waals surface area contributed by atoms with Gasteiger partial charge in [-0.25, -0.2) is 8.42 Å². The van der Waals surface area contributed by atoms with Gasteiger partial charge in [0.2, 0.25) is 11.8 Å². The molecule has 1 N–H and O–H groups in total. The van der Waals surface area contributed by atoms with Crippen LogP contribution in [0.4, 0.5) is 5.69 Å². The maximum Gasteiger partial charge on any atom is 0.264 e. The van der Waals surface area contributed by atoms with Crippen LogP contribution in [-0.2, 0) is 32.6 Å². The molecule has 2 amide bonds. The van der Waals surface area contributed by atoms with Crippen molar-refractivity contribution in [2.24, 2.45) is 0 Å². The third-order valence-electron chi connectivity index (χ3n) is 6.59. The Morgan fingerprint density at radius 2 is 1.45 bits per heavy atom. The van der Waals surface area contributed by atoms with E-state index in [0.29, 0.717) is 25.1 Å². The minimum absolute atomic E-state index is 0.0972. The third kappa shape index (κ3) is 6.61. The molecule has 1 atom stereocenters. The van der Waals surface area contributed by atoms with E-state index in [9.17, 15) is 18.0 Å². The van der Waals surface area contributed by atoms with Crippen LogP contribution in [0.3, 0.4) is 0 Å². The molecule has 0 heterocycles. The van der Waals surface area contributed by atoms with Gasteiger partial charge in [-0.1, -0.05) is 74.5 Å². The van der Waals surface area contributed by atoms with Crippen LogP contribution < -0.4 is 9.62 Å². The Morgan fingerprint density at radius 1 is 0.842 bits per heavy atom. The zero-order valence-electron chi connectivity index (χ0n) is 22.6. The average Bonchev–Trinajstić information content (AvgIpc) is 2.93. The Labute approximate surface area is 226 Å². The Hall–Kier alpha value is -3.65. The van der Waals surface area contributed by atoms with Gasteiger partial charge in [-0.3, -0.25) is 13.9 Å². The summed E-state index contributed by atoms with van der Waals surface area (Å²) in [5.74, 6) is -0.708. The molecule has 38 heavy (non-hydrogen) atoms. The summed E-state index contributed by atoms with van der Waals surface area (Å²) in [5, 5.41) is 2.83. The van der Waals surface area contributed by atoms with Gasteiger partial charge in [0.05, 0.1) is 10.6 Å². The van der Waals surface area contributed by atoms with Gasteiger partial charge >= 0.3 is 0 Å². The summed E-state index contributed by atoms with van der Waals surface area (Å²) in [4.78, 5) is 28.7. The molecule has 3 rings (SSSR count). The standard InChI is InChI=1S/C30H37N3O4S/c1-5-24-16-13-14-20-28(24)33(38(36,37)26-18-9-8-10-19-26)22-29(34)32(27(6-2)30(35)31-7-3)21-25-17-12-11-15-23(25)4/h8-20,27H,5-7,21-22H2,1-4H3,(H,31,35)/t27-/m1/s1. The summed E-state index contributed by atoms with van der Waals surface area (Å²) in [6.45, 7) is 7.76. The predicted octanol–water partition coefficient (Wildman–Crippen LogP) is 4.70. The van der Waals surface area contributed by atoms with Crippen molar-refractivity contribution in [3.8, 4) is 0 Å². The second kappa shape index (κ2) is 13.2. The Morgan fingerprint density at radius 3 is 2.05 bits per heavy atom. The summed E-state index contributed by atoms with van der Waals surface area (Å²) in [6.07, 6.45) is 0.981. The molecule has 0 saturated heterocycles. The number of para-hydroxylation sites is 1. The minimum atomic E-state index is -4.07. The van der Waals surface area contributed by atoms with E-state index in [1.165, 1.54) is 21.3 Å². The number of aryl methyl sites for hydroxylation is 2. The number of hydrogen-bond acceptors (Lipinski definition) is 4. The molecule has 0 spiro atoms. The van der Waals surface area contributed by atoms with Crippen LogP contribution in [0.2, 0.25) is 0 Å². The highest BCUT2D eigenvalue weighted by Crippen LogP contribution is 2.28. The second-order valence-corrected chi connectivity index (χ2v) is 10.9. The first-order valence-corrected chi connectivity index (χ1v) is 14.5. The number of benzene rings is 3. The number of rotatable bonds is 12. The highest BCUT2D eigenvalue weighted by atomic mass is 32.2. The number of hydrogen-bond donors (Lipinski definition) is 1.